The van der Waals surface area contributed by atoms with Crippen LogP contribution in [0.1, 0.15) is 16.9 Å². The summed E-state index contributed by atoms with van der Waals surface area (Å²) in [5.74, 6) is -0.0646. The second kappa shape index (κ2) is 4.82. The summed E-state index contributed by atoms with van der Waals surface area (Å²) in [4.78, 5) is 1.39. The van der Waals surface area contributed by atoms with E-state index in [4.69, 9.17) is 0 Å². The molecule has 1 aromatic heterocycles. The molecule has 1 aromatic carbocycles. The van der Waals surface area contributed by atoms with Gasteiger partial charge in [-0.05, 0) is 35.9 Å². The fraction of sp³-hybridized carbons (Fsp3) is 0.333. The van der Waals surface area contributed by atoms with Crippen molar-refractivity contribution in [2.75, 3.05) is 13.1 Å². The first-order chi connectivity index (χ1) is 8.80. The highest BCUT2D eigenvalue weighted by Gasteiger charge is 2.39. The quantitative estimate of drug-likeness (QED) is 0.890. The zero-order valence-corrected chi connectivity index (χ0v) is 11.0. The average molecular weight is 261 g/mol. The van der Waals surface area contributed by atoms with E-state index in [9.17, 15) is 4.39 Å². The van der Waals surface area contributed by atoms with Crippen LogP contribution in [0.25, 0.3) is 0 Å². The molecular weight excluding hydrogens is 245 g/mol. The minimum Gasteiger partial charge on any atom is -0.315 e. The molecule has 2 heterocycles. The van der Waals surface area contributed by atoms with E-state index in [1.807, 2.05) is 12.1 Å². The van der Waals surface area contributed by atoms with Gasteiger partial charge >= 0.3 is 0 Å². The number of benzene rings is 1. The number of rotatable bonds is 4. The standard InChI is InChI=1S/C15H16FNS/c16-14-6-2-1-5-13(14)15(10-17-11-15)8-7-12-4-3-9-18-12/h1-6,9,17H,7-8,10-11H2. The van der Waals surface area contributed by atoms with Gasteiger partial charge in [0.25, 0.3) is 0 Å². The van der Waals surface area contributed by atoms with E-state index in [1.165, 1.54) is 4.88 Å². The molecule has 0 atom stereocenters. The van der Waals surface area contributed by atoms with Crippen LogP contribution in [0.2, 0.25) is 0 Å². The van der Waals surface area contributed by atoms with Crippen LogP contribution in [0.4, 0.5) is 4.39 Å². The molecule has 0 saturated carbocycles. The third-order valence-electron chi connectivity index (χ3n) is 3.80. The number of nitrogens with one attached hydrogen (secondary N) is 1. The lowest BCUT2D eigenvalue weighted by atomic mass is 9.71. The van der Waals surface area contributed by atoms with Crippen molar-refractivity contribution in [2.24, 2.45) is 0 Å². The first kappa shape index (κ1) is 11.9. The van der Waals surface area contributed by atoms with E-state index < -0.39 is 0 Å². The molecule has 18 heavy (non-hydrogen) atoms. The van der Waals surface area contributed by atoms with Crippen LogP contribution in [-0.2, 0) is 11.8 Å². The Bertz CT molecular complexity index is 517. The maximum atomic E-state index is 13.9. The predicted octanol–water partition coefficient (Wildman–Crippen LogP) is 3.36. The van der Waals surface area contributed by atoms with Crippen molar-refractivity contribution in [1.29, 1.82) is 0 Å². The molecule has 0 unspecified atom stereocenters. The summed E-state index contributed by atoms with van der Waals surface area (Å²) in [6, 6.07) is 11.4. The normalized spacial score (nSPS) is 17.4. The molecule has 0 amide bonds. The molecule has 1 aliphatic heterocycles. The minimum atomic E-state index is -0.0646. The Morgan fingerprint density at radius 2 is 2.00 bits per heavy atom. The van der Waals surface area contributed by atoms with Crippen molar-refractivity contribution in [3.05, 3.63) is 58.0 Å². The van der Waals surface area contributed by atoms with E-state index in [2.05, 4.69) is 22.8 Å². The average Bonchev–Trinajstić information content (AvgIpc) is 2.83. The highest BCUT2D eigenvalue weighted by atomic mass is 32.1. The van der Waals surface area contributed by atoms with Gasteiger partial charge in [-0.2, -0.15) is 0 Å². The molecule has 0 spiro atoms. The van der Waals surface area contributed by atoms with Crippen molar-refractivity contribution >= 4 is 11.3 Å². The molecule has 3 heteroatoms. The van der Waals surface area contributed by atoms with Gasteiger partial charge in [0.1, 0.15) is 5.82 Å². The molecule has 94 valence electrons. The lowest BCUT2D eigenvalue weighted by Gasteiger charge is -2.43. The van der Waals surface area contributed by atoms with Crippen molar-refractivity contribution < 1.29 is 4.39 Å². The number of hydrogen-bond acceptors (Lipinski definition) is 2. The molecule has 0 aliphatic carbocycles. The van der Waals surface area contributed by atoms with E-state index in [0.29, 0.717) is 0 Å². The van der Waals surface area contributed by atoms with Gasteiger partial charge in [-0.1, -0.05) is 24.3 Å². The van der Waals surface area contributed by atoms with E-state index in [1.54, 1.807) is 23.5 Å². The molecule has 1 nitrogen and oxygen atoms in total. The third-order valence-corrected chi connectivity index (χ3v) is 4.74. The summed E-state index contributed by atoms with van der Waals surface area (Å²) in [7, 11) is 0. The van der Waals surface area contributed by atoms with Crippen LogP contribution in [0, 0.1) is 5.82 Å². The molecule has 1 fully saturated rings. The Hall–Kier alpha value is -1.19. The maximum absolute atomic E-state index is 13.9. The second-order valence-corrected chi connectivity index (χ2v) is 5.98. The molecule has 3 rings (SSSR count). The first-order valence-electron chi connectivity index (χ1n) is 6.28. The van der Waals surface area contributed by atoms with Crippen molar-refractivity contribution in [3.63, 3.8) is 0 Å². The molecule has 0 bridgehead atoms. The summed E-state index contributed by atoms with van der Waals surface area (Å²) in [5.41, 5.74) is 0.871. The van der Waals surface area contributed by atoms with Crippen LogP contribution in [0.5, 0.6) is 0 Å². The Morgan fingerprint density at radius 3 is 2.61 bits per heavy atom. The molecule has 0 radical (unpaired) electrons. The highest BCUT2D eigenvalue weighted by Crippen LogP contribution is 2.35. The molecule has 1 saturated heterocycles. The van der Waals surface area contributed by atoms with Crippen molar-refractivity contribution in [3.8, 4) is 0 Å². The fourth-order valence-corrected chi connectivity index (χ4v) is 3.35. The topological polar surface area (TPSA) is 12.0 Å². The second-order valence-electron chi connectivity index (χ2n) is 4.94. The lowest BCUT2D eigenvalue weighted by molar-refractivity contribution is 0.250. The SMILES string of the molecule is Fc1ccccc1C1(CCc2cccs2)CNC1. The third kappa shape index (κ3) is 2.08. The number of thiophene rings is 1. The monoisotopic (exact) mass is 261 g/mol. The van der Waals surface area contributed by atoms with Crippen LogP contribution in [0.15, 0.2) is 41.8 Å². The highest BCUT2D eigenvalue weighted by molar-refractivity contribution is 7.09. The Balaban J connectivity index is 1.80. The van der Waals surface area contributed by atoms with Crippen LogP contribution < -0.4 is 5.32 Å². The molecular formula is C15H16FNS. The maximum Gasteiger partial charge on any atom is 0.127 e. The number of halogens is 1. The van der Waals surface area contributed by atoms with Gasteiger partial charge in [-0.3, -0.25) is 0 Å². The Kier molecular flexibility index (Phi) is 3.18. The number of hydrogen-bond donors (Lipinski definition) is 1. The fourth-order valence-electron chi connectivity index (χ4n) is 2.64. The zero-order chi connectivity index (χ0) is 12.4. The van der Waals surface area contributed by atoms with Crippen molar-refractivity contribution in [2.45, 2.75) is 18.3 Å². The largest absolute Gasteiger partial charge is 0.315 e. The summed E-state index contributed by atoms with van der Waals surface area (Å²) in [5, 5.41) is 5.40. The van der Waals surface area contributed by atoms with Gasteiger partial charge in [0.05, 0.1) is 0 Å². The summed E-state index contributed by atoms with van der Waals surface area (Å²) < 4.78 is 13.9. The van der Waals surface area contributed by atoms with Gasteiger partial charge in [0.2, 0.25) is 0 Å². The van der Waals surface area contributed by atoms with Crippen molar-refractivity contribution in [1.82, 2.24) is 5.32 Å². The Labute approximate surface area is 111 Å². The Morgan fingerprint density at radius 1 is 1.17 bits per heavy atom. The van der Waals surface area contributed by atoms with Crippen LogP contribution in [-0.4, -0.2) is 13.1 Å². The van der Waals surface area contributed by atoms with Gasteiger partial charge in [-0.15, -0.1) is 11.3 Å². The van der Waals surface area contributed by atoms with Crippen LogP contribution in [0.3, 0.4) is 0 Å². The smallest absolute Gasteiger partial charge is 0.127 e. The first-order valence-corrected chi connectivity index (χ1v) is 7.16. The molecule has 1 N–H and O–H groups in total. The van der Waals surface area contributed by atoms with Gasteiger partial charge in [0, 0.05) is 23.4 Å². The van der Waals surface area contributed by atoms with Gasteiger partial charge in [-0.25, -0.2) is 4.39 Å². The van der Waals surface area contributed by atoms with Gasteiger partial charge in [0.15, 0.2) is 0 Å². The molecule has 1 aliphatic rings. The lowest BCUT2D eigenvalue weighted by Crippen LogP contribution is -2.57. The number of aryl methyl sites for hydroxylation is 1. The van der Waals surface area contributed by atoms with E-state index in [-0.39, 0.29) is 11.2 Å². The zero-order valence-electron chi connectivity index (χ0n) is 10.2. The van der Waals surface area contributed by atoms with E-state index >= 15 is 0 Å². The van der Waals surface area contributed by atoms with E-state index in [0.717, 1.165) is 31.5 Å². The van der Waals surface area contributed by atoms with Gasteiger partial charge < -0.3 is 5.32 Å². The van der Waals surface area contributed by atoms with Crippen LogP contribution >= 0.6 is 11.3 Å². The minimum absolute atomic E-state index is 0.00463. The summed E-state index contributed by atoms with van der Waals surface area (Å²) in [6.07, 6.45) is 2.05. The summed E-state index contributed by atoms with van der Waals surface area (Å²) >= 11 is 1.78. The summed E-state index contributed by atoms with van der Waals surface area (Å²) in [6.45, 7) is 1.78. The predicted molar refractivity (Wildman–Crippen MR) is 73.6 cm³/mol. The molecule has 2 aromatic rings.